The van der Waals surface area contributed by atoms with Gasteiger partial charge in [-0.25, -0.2) is 0 Å². The van der Waals surface area contributed by atoms with Crippen molar-refractivity contribution < 1.29 is 0 Å². The van der Waals surface area contributed by atoms with Gasteiger partial charge in [0, 0.05) is 4.87 Å². The van der Waals surface area contributed by atoms with E-state index in [0.29, 0.717) is 0 Å². The van der Waals surface area contributed by atoms with E-state index in [4.69, 9.17) is 11.6 Å². The summed E-state index contributed by atoms with van der Waals surface area (Å²) in [7, 11) is 0. The highest BCUT2D eigenvalue weighted by atomic mass is 35.5. The summed E-state index contributed by atoms with van der Waals surface area (Å²) in [4.78, 5) is -0.0469. The van der Waals surface area contributed by atoms with E-state index in [9.17, 15) is 0 Å². The van der Waals surface area contributed by atoms with E-state index in [1.54, 1.807) is 0 Å². The summed E-state index contributed by atoms with van der Waals surface area (Å²) < 4.78 is 0. The quantitative estimate of drug-likeness (QED) is 0.520. The number of rotatable bonds is 3. The lowest BCUT2D eigenvalue weighted by Gasteiger charge is -2.17. The Balaban J connectivity index is 3.37. The molecule has 0 bridgehead atoms. The summed E-state index contributed by atoms with van der Waals surface area (Å²) in [6.45, 7) is 7.91. The van der Waals surface area contributed by atoms with E-state index in [1.165, 1.54) is 0 Å². The molecule has 0 spiro atoms. The molecule has 0 aliphatic heterocycles. The Hall–Kier alpha value is 0.290. The zero-order valence-electron chi connectivity index (χ0n) is 5.71. The van der Waals surface area contributed by atoms with Gasteiger partial charge in [-0.15, -0.1) is 11.6 Å². The number of alkyl halides is 1. The molecule has 1 radical (unpaired) electrons. The van der Waals surface area contributed by atoms with Gasteiger partial charge in [-0.05, 0) is 19.8 Å². The maximum absolute atomic E-state index is 5.96. The maximum Gasteiger partial charge on any atom is 0.0418 e. The van der Waals surface area contributed by atoms with E-state index in [0.717, 1.165) is 19.3 Å². The second kappa shape index (κ2) is 3.34. The first-order chi connectivity index (χ1) is 3.62. The van der Waals surface area contributed by atoms with Crippen molar-refractivity contribution in [2.24, 2.45) is 0 Å². The third-order valence-electron chi connectivity index (χ3n) is 1.29. The lowest BCUT2D eigenvalue weighted by molar-refractivity contribution is 0.570. The van der Waals surface area contributed by atoms with Crippen molar-refractivity contribution in [3.8, 4) is 0 Å². The predicted octanol–water partition coefficient (Wildman–Crippen LogP) is 3.01. The van der Waals surface area contributed by atoms with E-state index < -0.39 is 0 Å². The molecule has 0 aromatic carbocycles. The highest BCUT2D eigenvalue weighted by Gasteiger charge is 2.15. The maximum atomic E-state index is 5.96. The van der Waals surface area contributed by atoms with Crippen LogP contribution in [0.15, 0.2) is 0 Å². The van der Waals surface area contributed by atoms with Crippen molar-refractivity contribution in [3.63, 3.8) is 0 Å². The Morgan fingerprint density at radius 1 is 1.62 bits per heavy atom. The van der Waals surface area contributed by atoms with Crippen LogP contribution in [0.4, 0.5) is 0 Å². The van der Waals surface area contributed by atoms with Crippen LogP contribution in [0.5, 0.6) is 0 Å². The van der Waals surface area contributed by atoms with Crippen LogP contribution in [0.25, 0.3) is 0 Å². The molecule has 0 heterocycles. The molecule has 0 saturated carbocycles. The average molecular weight is 134 g/mol. The van der Waals surface area contributed by atoms with Crippen LogP contribution in [0.1, 0.15) is 33.1 Å². The monoisotopic (exact) mass is 133 g/mol. The lowest BCUT2D eigenvalue weighted by atomic mass is 10.0. The average Bonchev–Trinajstić information content (AvgIpc) is 1.67. The zero-order chi connectivity index (χ0) is 6.62. The molecule has 1 unspecified atom stereocenters. The van der Waals surface area contributed by atoms with Gasteiger partial charge in [0.25, 0.3) is 0 Å². The van der Waals surface area contributed by atoms with Crippen LogP contribution < -0.4 is 0 Å². The van der Waals surface area contributed by atoms with Crippen molar-refractivity contribution in [1.82, 2.24) is 0 Å². The third kappa shape index (κ3) is 3.31. The van der Waals surface area contributed by atoms with Gasteiger partial charge in [0.15, 0.2) is 0 Å². The minimum atomic E-state index is -0.0469. The fourth-order valence-electron chi connectivity index (χ4n) is 0.646. The molecule has 0 fully saturated rings. The molecule has 0 saturated heterocycles. The number of hydrogen-bond donors (Lipinski definition) is 0. The topological polar surface area (TPSA) is 0 Å². The first kappa shape index (κ1) is 8.29. The fraction of sp³-hybridized carbons (Fsp3) is 0.857. The summed E-state index contributed by atoms with van der Waals surface area (Å²) in [5.74, 6) is 0. The van der Waals surface area contributed by atoms with Gasteiger partial charge in [-0.3, -0.25) is 0 Å². The second-order valence-corrected chi connectivity index (χ2v) is 3.33. The molecular weight excluding hydrogens is 120 g/mol. The molecular formula is C7H14Cl. The van der Waals surface area contributed by atoms with Gasteiger partial charge in [0.05, 0.1) is 0 Å². The summed E-state index contributed by atoms with van der Waals surface area (Å²) in [6, 6.07) is 0. The van der Waals surface area contributed by atoms with Crippen LogP contribution in [-0.2, 0) is 0 Å². The zero-order valence-corrected chi connectivity index (χ0v) is 6.46. The molecule has 0 amide bonds. The fourth-order valence-corrected chi connectivity index (χ4v) is 0.835. The Morgan fingerprint density at radius 3 is 2.25 bits per heavy atom. The normalized spacial score (nSPS) is 18.0. The molecule has 0 aliphatic carbocycles. The van der Waals surface area contributed by atoms with Gasteiger partial charge < -0.3 is 0 Å². The summed E-state index contributed by atoms with van der Waals surface area (Å²) >= 11 is 5.96. The van der Waals surface area contributed by atoms with Crippen molar-refractivity contribution in [2.75, 3.05) is 0 Å². The Bertz CT molecular complexity index is 57.4. The number of hydrogen-bond acceptors (Lipinski definition) is 0. The second-order valence-electron chi connectivity index (χ2n) is 2.41. The van der Waals surface area contributed by atoms with E-state index >= 15 is 0 Å². The Morgan fingerprint density at radius 2 is 2.12 bits per heavy atom. The molecule has 0 rings (SSSR count). The Labute approximate surface area is 57.2 Å². The van der Waals surface area contributed by atoms with E-state index in [1.807, 2.05) is 6.92 Å². The Kier molecular flexibility index (Phi) is 3.46. The standard InChI is InChI=1S/C7H14Cl/c1-4-6-7(3,8)5-2/h2,4-6H2,1,3H3. The molecule has 0 nitrogen and oxygen atoms in total. The smallest absolute Gasteiger partial charge is 0.0418 e. The third-order valence-corrected chi connectivity index (χ3v) is 1.67. The molecule has 0 aromatic heterocycles. The molecule has 0 N–H and O–H groups in total. The predicted molar refractivity (Wildman–Crippen MR) is 39.1 cm³/mol. The van der Waals surface area contributed by atoms with Crippen LogP contribution in [0.3, 0.4) is 0 Å². The van der Waals surface area contributed by atoms with E-state index in [-0.39, 0.29) is 4.87 Å². The molecule has 0 aromatic rings. The largest absolute Gasteiger partial charge is 0.120 e. The van der Waals surface area contributed by atoms with Gasteiger partial charge in [-0.1, -0.05) is 20.3 Å². The minimum Gasteiger partial charge on any atom is -0.120 e. The highest BCUT2D eigenvalue weighted by Crippen LogP contribution is 2.23. The van der Waals surface area contributed by atoms with Crippen LogP contribution in [0, 0.1) is 6.92 Å². The van der Waals surface area contributed by atoms with Gasteiger partial charge in [-0.2, -0.15) is 0 Å². The minimum absolute atomic E-state index is 0.0469. The van der Waals surface area contributed by atoms with Gasteiger partial charge in [0.2, 0.25) is 0 Å². The SMILES string of the molecule is [CH2]CC(C)(Cl)CCC. The van der Waals surface area contributed by atoms with Crippen molar-refractivity contribution in [3.05, 3.63) is 6.92 Å². The first-order valence-corrected chi connectivity index (χ1v) is 3.48. The van der Waals surface area contributed by atoms with E-state index in [2.05, 4.69) is 13.8 Å². The van der Waals surface area contributed by atoms with Gasteiger partial charge >= 0.3 is 0 Å². The molecule has 8 heavy (non-hydrogen) atoms. The van der Waals surface area contributed by atoms with Crippen LogP contribution >= 0.6 is 11.6 Å². The molecule has 0 aliphatic rings. The highest BCUT2D eigenvalue weighted by molar-refractivity contribution is 6.23. The first-order valence-electron chi connectivity index (χ1n) is 3.10. The number of halogens is 1. The lowest BCUT2D eigenvalue weighted by Crippen LogP contribution is -2.13. The van der Waals surface area contributed by atoms with Crippen LogP contribution in [-0.4, -0.2) is 4.87 Å². The summed E-state index contributed by atoms with van der Waals surface area (Å²) in [5, 5.41) is 0. The summed E-state index contributed by atoms with van der Waals surface area (Å²) in [6.07, 6.45) is 3.04. The van der Waals surface area contributed by atoms with Crippen molar-refractivity contribution in [1.29, 1.82) is 0 Å². The molecule has 1 atom stereocenters. The van der Waals surface area contributed by atoms with Gasteiger partial charge in [0.1, 0.15) is 0 Å². The molecule has 49 valence electrons. The molecule has 1 heteroatoms. The summed E-state index contributed by atoms with van der Waals surface area (Å²) in [5.41, 5.74) is 0. The van der Waals surface area contributed by atoms with Crippen molar-refractivity contribution in [2.45, 2.75) is 38.0 Å². The van der Waals surface area contributed by atoms with Crippen molar-refractivity contribution >= 4 is 11.6 Å². The van der Waals surface area contributed by atoms with Crippen LogP contribution in [0.2, 0.25) is 0 Å².